The highest BCUT2D eigenvalue weighted by molar-refractivity contribution is 5.45. The van der Waals surface area contributed by atoms with Gasteiger partial charge in [-0.1, -0.05) is 13.8 Å². The first-order chi connectivity index (χ1) is 6.63. The van der Waals surface area contributed by atoms with Crippen LogP contribution in [0.25, 0.3) is 0 Å². The Hall–Kier alpha value is -0.990. The Morgan fingerprint density at radius 2 is 2.14 bits per heavy atom. The number of nitrogens with zero attached hydrogens (tertiary/aromatic N) is 2. The summed E-state index contributed by atoms with van der Waals surface area (Å²) in [7, 11) is 1.93. The molecule has 78 valence electrons. The van der Waals surface area contributed by atoms with Crippen molar-refractivity contribution in [2.75, 3.05) is 5.73 Å². The summed E-state index contributed by atoms with van der Waals surface area (Å²) in [6.07, 6.45) is 3.56. The van der Waals surface area contributed by atoms with Crippen LogP contribution >= 0.6 is 0 Å². The minimum absolute atomic E-state index is 0.670. The van der Waals surface area contributed by atoms with E-state index in [2.05, 4.69) is 18.9 Å². The Balaban J connectivity index is 2.29. The van der Waals surface area contributed by atoms with Crippen molar-refractivity contribution in [3.63, 3.8) is 0 Å². The molecule has 1 aromatic rings. The van der Waals surface area contributed by atoms with Gasteiger partial charge in [0.15, 0.2) is 0 Å². The lowest BCUT2D eigenvalue weighted by molar-refractivity contribution is 0.281. The molecule has 0 aliphatic heterocycles. The molecular formula is C11H19N3. The van der Waals surface area contributed by atoms with Crippen molar-refractivity contribution in [2.45, 2.75) is 39.0 Å². The van der Waals surface area contributed by atoms with Crippen molar-refractivity contribution in [3.8, 4) is 0 Å². The molecule has 0 aromatic carbocycles. The third kappa shape index (κ3) is 1.31. The molecule has 14 heavy (non-hydrogen) atoms. The number of aromatic nitrogens is 2. The smallest absolute Gasteiger partial charge is 0.124 e. The highest BCUT2D eigenvalue weighted by Gasteiger charge is 2.31. The van der Waals surface area contributed by atoms with Gasteiger partial charge in [0.1, 0.15) is 5.82 Å². The number of nitrogens with two attached hydrogens (primary N) is 1. The number of hydrogen-bond acceptors (Lipinski definition) is 2. The average Bonchev–Trinajstić information content (AvgIpc) is 2.38. The molecule has 0 radical (unpaired) electrons. The van der Waals surface area contributed by atoms with E-state index in [9.17, 15) is 0 Å². The Bertz CT molecular complexity index is 335. The monoisotopic (exact) mass is 193 g/mol. The maximum atomic E-state index is 5.97. The molecule has 2 rings (SSSR count). The van der Waals surface area contributed by atoms with Crippen LogP contribution in [0.15, 0.2) is 0 Å². The van der Waals surface area contributed by atoms with Crippen molar-refractivity contribution >= 4 is 5.82 Å². The van der Waals surface area contributed by atoms with Crippen molar-refractivity contribution in [2.24, 2.45) is 13.0 Å². The summed E-state index contributed by atoms with van der Waals surface area (Å²) in [6.45, 7) is 4.45. The SMILES string of the molecule is CCc1c(C2CC(C)C2)nn(C)c1N. The molecule has 1 fully saturated rings. The van der Waals surface area contributed by atoms with E-state index in [1.54, 1.807) is 0 Å². The molecule has 0 bridgehead atoms. The zero-order valence-corrected chi connectivity index (χ0v) is 9.25. The van der Waals surface area contributed by atoms with Gasteiger partial charge in [-0.15, -0.1) is 0 Å². The van der Waals surface area contributed by atoms with E-state index in [4.69, 9.17) is 5.73 Å². The maximum absolute atomic E-state index is 5.97. The fourth-order valence-corrected chi connectivity index (χ4v) is 2.42. The number of hydrogen-bond donors (Lipinski definition) is 1. The zero-order chi connectivity index (χ0) is 10.3. The Morgan fingerprint density at radius 3 is 2.64 bits per heavy atom. The van der Waals surface area contributed by atoms with Crippen LogP contribution in [0.1, 0.15) is 43.9 Å². The van der Waals surface area contributed by atoms with E-state index in [1.165, 1.54) is 24.1 Å². The number of anilines is 1. The second-order valence-corrected chi connectivity index (χ2v) is 4.50. The van der Waals surface area contributed by atoms with Gasteiger partial charge in [-0.2, -0.15) is 5.10 Å². The molecule has 1 saturated carbocycles. The summed E-state index contributed by atoms with van der Waals surface area (Å²) < 4.78 is 1.82. The second kappa shape index (κ2) is 3.30. The molecule has 0 amide bonds. The number of nitrogen functional groups attached to an aromatic ring is 1. The minimum Gasteiger partial charge on any atom is -0.384 e. The Morgan fingerprint density at radius 1 is 1.50 bits per heavy atom. The molecule has 2 N–H and O–H groups in total. The zero-order valence-electron chi connectivity index (χ0n) is 9.25. The van der Waals surface area contributed by atoms with E-state index >= 15 is 0 Å². The molecule has 3 heteroatoms. The van der Waals surface area contributed by atoms with Gasteiger partial charge in [-0.25, -0.2) is 0 Å². The van der Waals surface area contributed by atoms with Crippen molar-refractivity contribution in [1.82, 2.24) is 9.78 Å². The average molecular weight is 193 g/mol. The van der Waals surface area contributed by atoms with Gasteiger partial charge in [-0.05, 0) is 25.2 Å². The first-order valence-corrected chi connectivity index (χ1v) is 5.44. The van der Waals surface area contributed by atoms with E-state index in [0.717, 1.165) is 18.2 Å². The van der Waals surface area contributed by atoms with E-state index < -0.39 is 0 Å². The summed E-state index contributed by atoms with van der Waals surface area (Å²) in [5.41, 5.74) is 8.49. The summed E-state index contributed by atoms with van der Waals surface area (Å²) in [5, 5.41) is 4.53. The highest BCUT2D eigenvalue weighted by atomic mass is 15.3. The van der Waals surface area contributed by atoms with Gasteiger partial charge in [0.05, 0.1) is 5.69 Å². The fourth-order valence-electron chi connectivity index (χ4n) is 2.42. The molecule has 1 heterocycles. The first kappa shape index (κ1) is 9.56. The summed E-state index contributed by atoms with van der Waals surface area (Å²) in [4.78, 5) is 0. The van der Waals surface area contributed by atoms with Crippen LogP contribution in [-0.4, -0.2) is 9.78 Å². The number of rotatable bonds is 2. The van der Waals surface area contributed by atoms with E-state index in [1.807, 2.05) is 11.7 Å². The van der Waals surface area contributed by atoms with Crippen LogP contribution in [0.5, 0.6) is 0 Å². The van der Waals surface area contributed by atoms with Crippen molar-refractivity contribution < 1.29 is 0 Å². The van der Waals surface area contributed by atoms with Crippen molar-refractivity contribution in [3.05, 3.63) is 11.3 Å². The van der Waals surface area contributed by atoms with Crippen LogP contribution in [0.3, 0.4) is 0 Å². The van der Waals surface area contributed by atoms with Gasteiger partial charge in [0, 0.05) is 18.5 Å². The van der Waals surface area contributed by atoms with Gasteiger partial charge < -0.3 is 5.73 Å². The summed E-state index contributed by atoms with van der Waals surface area (Å²) >= 11 is 0. The summed E-state index contributed by atoms with van der Waals surface area (Å²) in [6, 6.07) is 0. The molecule has 0 unspecified atom stereocenters. The van der Waals surface area contributed by atoms with Crippen LogP contribution in [0.2, 0.25) is 0 Å². The van der Waals surface area contributed by atoms with Crippen LogP contribution < -0.4 is 5.73 Å². The first-order valence-electron chi connectivity index (χ1n) is 5.44. The van der Waals surface area contributed by atoms with E-state index in [-0.39, 0.29) is 0 Å². The van der Waals surface area contributed by atoms with Gasteiger partial charge >= 0.3 is 0 Å². The van der Waals surface area contributed by atoms with Crippen LogP contribution in [-0.2, 0) is 13.5 Å². The Labute approximate surface area is 85.3 Å². The van der Waals surface area contributed by atoms with Gasteiger partial charge in [-0.3, -0.25) is 4.68 Å². The topological polar surface area (TPSA) is 43.8 Å². The molecule has 1 aromatic heterocycles. The third-order valence-corrected chi connectivity index (χ3v) is 3.34. The molecule has 0 atom stereocenters. The number of aryl methyl sites for hydroxylation is 1. The molecular weight excluding hydrogens is 174 g/mol. The molecule has 3 nitrogen and oxygen atoms in total. The lowest BCUT2D eigenvalue weighted by Gasteiger charge is -2.31. The van der Waals surface area contributed by atoms with Gasteiger partial charge in [0.2, 0.25) is 0 Å². The minimum atomic E-state index is 0.670. The quantitative estimate of drug-likeness (QED) is 0.781. The third-order valence-electron chi connectivity index (χ3n) is 3.34. The van der Waals surface area contributed by atoms with E-state index in [0.29, 0.717) is 5.92 Å². The molecule has 0 saturated heterocycles. The lowest BCUT2D eigenvalue weighted by atomic mass is 9.73. The fraction of sp³-hybridized carbons (Fsp3) is 0.727. The Kier molecular flexibility index (Phi) is 2.25. The lowest BCUT2D eigenvalue weighted by Crippen LogP contribution is -2.20. The predicted octanol–water partition coefficient (Wildman–Crippen LogP) is 2.08. The van der Waals surface area contributed by atoms with Crippen molar-refractivity contribution in [1.29, 1.82) is 0 Å². The molecule has 1 aliphatic carbocycles. The summed E-state index contributed by atoms with van der Waals surface area (Å²) in [5.74, 6) is 2.39. The largest absolute Gasteiger partial charge is 0.384 e. The normalized spacial score (nSPS) is 26.2. The standard InChI is InChI=1S/C11H19N3/c1-4-9-10(8-5-7(2)6-8)13-14(3)11(9)12/h7-8H,4-6,12H2,1-3H3. The van der Waals surface area contributed by atoms with Gasteiger partial charge in [0.25, 0.3) is 0 Å². The van der Waals surface area contributed by atoms with Crippen LogP contribution in [0.4, 0.5) is 5.82 Å². The highest BCUT2D eigenvalue weighted by Crippen LogP contribution is 2.42. The van der Waals surface area contributed by atoms with Crippen LogP contribution in [0, 0.1) is 5.92 Å². The maximum Gasteiger partial charge on any atom is 0.124 e. The second-order valence-electron chi connectivity index (χ2n) is 4.50. The molecule has 0 spiro atoms. The molecule has 1 aliphatic rings. The predicted molar refractivity (Wildman–Crippen MR) is 58.1 cm³/mol.